The van der Waals surface area contributed by atoms with E-state index < -0.39 is 179 Å². The van der Waals surface area contributed by atoms with Crippen LogP contribution in [0.4, 0.5) is 105 Å². The molecule has 0 spiro atoms. The number of benzene rings is 9. The van der Waals surface area contributed by atoms with Crippen molar-refractivity contribution in [1.82, 2.24) is 0 Å². The molecular weight excluding hydrogens is 1430 g/mol. The molecule has 0 aliphatic heterocycles. The van der Waals surface area contributed by atoms with Crippen molar-refractivity contribution in [1.29, 1.82) is 0 Å². The Kier molecular flexibility index (Phi) is 25.1. The maximum atomic E-state index is 15.4. The third-order valence-corrected chi connectivity index (χ3v) is 17.4. The van der Waals surface area contributed by atoms with Gasteiger partial charge in [0.05, 0.1) is 19.1 Å². The van der Waals surface area contributed by atoms with Gasteiger partial charge >= 0.3 is 21.2 Å². The Labute approximate surface area is 528 Å². The molecule has 9 aromatic rings. The first-order valence-electron chi connectivity index (χ1n) is 25.8. The number of hydrogen-bond acceptors (Lipinski definition) is 2. The van der Waals surface area contributed by atoms with Crippen LogP contribution in [-0.2, 0) is 17.5 Å². The van der Waals surface area contributed by atoms with Gasteiger partial charge in [0, 0.05) is 11.1 Å². The van der Waals surface area contributed by atoms with Crippen LogP contribution < -0.4 is 48.5 Å². The molecule has 2 radical (unpaired) electrons. The van der Waals surface area contributed by atoms with Crippen LogP contribution in [0.2, 0.25) is 0 Å². The van der Waals surface area contributed by atoms with E-state index in [1.54, 1.807) is 0 Å². The fourth-order valence-corrected chi connectivity index (χ4v) is 12.2. The summed E-state index contributed by atoms with van der Waals surface area (Å²) in [4.78, 5) is 12.2. The minimum absolute atomic E-state index is 0. The van der Waals surface area contributed by atoms with Crippen molar-refractivity contribution in [2.45, 2.75) is 47.6 Å². The van der Waals surface area contributed by atoms with E-state index in [1.807, 2.05) is 36.4 Å². The van der Waals surface area contributed by atoms with E-state index in [2.05, 4.69) is 81.8 Å². The zero-order valence-corrected chi connectivity index (χ0v) is 50.4. The summed E-state index contributed by atoms with van der Waals surface area (Å²) >= 11 is -0.0167. The van der Waals surface area contributed by atoms with Crippen LogP contribution in [0.25, 0.3) is 10.8 Å². The zero-order valence-electron chi connectivity index (χ0n) is 47.4. The summed E-state index contributed by atoms with van der Waals surface area (Å²) < 4.78 is 347. The van der Waals surface area contributed by atoms with Gasteiger partial charge in [0.2, 0.25) is 5.78 Å². The highest BCUT2D eigenvalue weighted by atomic mass is 127. The van der Waals surface area contributed by atoms with Gasteiger partial charge < -0.3 is 5.11 Å². The molecule has 0 fully saturated rings. The van der Waals surface area contributed by atoms with E-state index in [9.17, 15) is 80.1 Å². The molecule has 0 amide bonds. The molecule has 0 saturated carbocycles. The van der Waals surface area contributed by atoms with Crippen molar-refractivity contribution < 1.29 is 136 Å². The molecule has 0 saturated heterocycles. The number of halogens is 25. The molecule has 0 bridgehead atoms. The Balaban J connectivity index is 0.000000265. The number of aliphatic hydroxyl groups is 1. The third-order valence-electron chi connectivity index (χ3n) is 13.9. The molecule has 492 valence electrons. The largest absolute Gasteiger partial charge is 0.392 e. The molecule has 0 unspecified atom stereocenters. The van der Waals surface area contributed by atoms with Crippen molar-refractivity contribution in [2.75, 3.05) is 18.3 Å². The lowest BCUT2D eigenvalue weighted by Gasteiger charge is -2.44. The van der Waals surface area contributed by atoms with Crippen molar-refractivity contribution in [3.05, 3.63) is 260 Å². The lowest BCUT2D eigenvalue weighted by Crippen LogP contribution is -3.61. The van der Waals surface area contributed by atoms with Crippen LogP contribution in [-0.4, -0.2) is 43.1 Å². The maximum Gasteiger partial charge on any atom is 0.357 e. The first-order chi connectivity index (χ1) is 42.9. The number of aryl methyl sites for hydroxylation is 1. The van der Waals surface area contributed by atoms with Crippen LogP contribution >= 0.6 is 0 Å². The SMILES string of the molecule is C.C[S+](C)CC(=O)c1ccc(CO)c2ccccc12.Cc1ccc([I+]c2ccc(C(C)C)cc2)cc1.Fc1c(F)c(F)c([B-](c2c(F)c(F)c(F)c(F)c2F)(c2c(F)c(F)c(F)c(F)c2F)c2c(F)c(F)c(F)c(F)c2F)c(F)c1F.[B]c1c(F)c(F)c(C)c(F)c1F. The highest BCUT2D eigenvalue weighted by Gasteiger charge is 2.52. The number of aliphatic hydroxyl groups excluding tert-OH is 1. The predicted octanol–water partition coefficient (Wildman–Crippen LogP) is 11.5. The summed E-state index contributed by atoms with van der Waals surface area (Å²) in [6, 6.07) is 29.5. The van der Waals surface area contributed by atoms with Crippen molar-refractivity contribution in [3.63, 3.8) is 0 Å². The minimum atomic E-state index is -7.22. The Bertz CT molecular complexity index is 3840. The molecule has 30 heteroatoms. The quantitative estimate of drug-likeness (QED) is 0.0267. The molecule has 9 rings (SSSR count). The van der Waals surface area contributed by atoms with E-state index in [-0.39, 0.29) is 51.9 Å². The third kappa shape index (κ3) is 14.6. The van der Waals surface area contributed by atoms with Gasteiger partial charge in [0.15, 0.2) is 106 Å². The fraction of sp³-hybridized carbons (Fsp3) is 0.159. The number of Topliss-reactive ketones (excluding diaryl/α,β-unsaturated/α-hetero) is 1. The Hall–Kier alpha value is -7.60. The zero-order chi connectivity index (χ0) is 69.2. The lowest BCUT2D eigenvalue weighted by molar-refractivity contribution is -0.597. The Morgan fingerprint density at radius 2 is 0.731 bits per heavy atom. The first-order valence-corrected chi connectivity index (χ1v) is 30.1. The van der Waals surface area contributed by atoms with Crippen LogP contribution in [0.5, 0.6) is 0 Å². The van der Waals surface area contributed by atoms with Gasteiger partial charge in [-0.15, -0.1) is 21.9 Å². The normalized spacial score (nSPS) is 11.3. The van der Waals surface area contributed by atoms with E-state index in [4.69, 9.17) is 7.85 Å². The molecule has 1 N–H and O–H groups in total. The van der Waals surface area contributed by atoms with Crippen molar-refractivity contribution >= 4 is 68.8 Å². The van der Waals surface area contributed by atoms with Crippen molar-refractivity contribution in [3.8, 4) is 0 Å². The summed E-state index contributed by atoms with van der Waals surface area (Å²) in [5.74, 6) is -76.0. The molecule has 0 aromatic heterocycles. The summed E-state index contributed by atoms with van der Waals surface area (Å²) in [5.41, 5.74) is -11.8. The Morgan fingerprint density at radius 1 is 0.430 bits per heavy atom. The summed E-state index contributed by atoms with van der Waals surface area (Å²) in [6.07, 6.45) is -3.07. The van der Waals surface area contributed by atoms with Crippen LogP contribution in [0.1, 0.15) is 59.8 Å². The van der Waals surface area contributed by atoms with Gasteiger partial charge in [-0.25, -0.2) is 105 Å². The van der Waals surface area contributed by atoms with Gasteiger partial charge in [-0.3, -0.25) is 4.79 Å². The highest BCUT2D eigenvalue weighted by Crippen LogP contribution is 2.32. The number of carbonyl (C=O) groups is 1. The van der Waals surface area contributed by atoms with Gasteiger partial charge in [-0.1, -0.05) is 87.5 Å². The molecule has 0 aliphatic carbocycles. The Morgan fingerprint density at radius 3 is 1.03 bits per heavy atom. The molecular formula is C63H42B2F24IO2S+. The fourth-order valence-electron chi connectivity index (χ4n) is 9.35. The molecule has 0 atom stereocenters. The number of carbonyl (C=O) groups excluding carboxylic acids is 1. The van der Waals surface area contributed by atoms with Gasteiger partial charge in [-0.2, -0.15) is 0 Å². The number of hydrogen-bond donors (Lipinski definition) is 1. The number of fused-ring (bicyclic) bond motifs is 1. The topological polar surface area (TPSA) is 37.3 Å². The first kappa shape index (κ1) is 76.1. The van der Waals surface area contributed by atoms with Gasteiger partial charge in [0.1, 0.15) is 60.5 Å². The molecule has 93 heavy (non-hydrogen) atoms. The van der Waals surface area contributed by atoms with E-state index in [1.165, 1.54) is 18.3 Å². The van der Waals surface area contributed by atoms with E-state index >= 15 is 35.1 Å². The van der Waals surface area contributed by atoms with Crippen molar-refractivity contribution in [2.24, 2.45) is 0 Å². The summed E-state index contributed by atoms with van der Waals surface area (Å²) in [7, 11) is 4.83. The highest BCUT2D eigenvalue weighted by molar-refractivity contribution is 7.96. The monoisotopic (exact) mass is 1470 g/mol. The average Bonchev–Trinajstić information content (AvgIpc) is 0.682. The van der Waals surface area contributed by atoms with Crippen LogP contribution in [0.3, 0.4) is 0 Å². The smallest absolute Gasteiger partial charge is 0.357 e. The predicted molar refractivity (Wildman–Crippen MR) is 300 cm³/mol. The van der Waals surface area contributed by atoms with E-state index in [0.717, 1.165) is 28.8 Å². The second-order valence-corrected chi connectivity index (χ2v) is 25.5. The standard InChI is InChI=1S/C24BF20.C16H18I.C15H17O2S.C7H3BF4.CH4/c26-5-1(6(27)14(35)21(42)13(5)34)25(2-7(28)15(36)22(43)16(37)8(2)29,3-9(30)17(38)23(44)18(39)10(3)31)4-11(32)19(40)24(45)20(41)12(4)33;1-12(2)14-6-10-16(11-7-14)17-15-8-4-13(3)5-9-15;1-18(2)10-15(17)14-8-7-11(9-16)12-5-3-4-6-13(12)14;1-2-4(9)6(11)3(8)7(12)5(2)10;/h;4-12H,1-3H3;3-8,16H,9-10H2,1-2H3;1H3;1H4/q-1;2*+1;;. The minimum Gasteiger partial charge on any atom is -0.392 e. The maximum absolute atomic E-state index is 15.4. The van der Waals surface area contributed by atoms with Crippen LogP contribution in [0, 0.1) is 161 Å². The molecule has 0 aliphatic rings. The number of ketones is 1. The van der Waals surface area contributed by atoms with Crippen LogP contribution in [0.15, 0.2) is 84.9 Å². The molecule has 9 aromatic carbocycles. The van der Waals surface area contributed by atoms with Gasteiger partial charge in [-0.05, 0) is 82.3 Å². The number of rotatable bonds is 11. The summed E-state index contributed by atoms with van der Waals surface area (Å²) in [5, 5.41) is 11.2. The summed E-state index contributed by atoms with van der Waals surface area (Å²) in [6.45, 7) is 7.55. The lowest BCUT2D eigenvalue weighted by atomic mass is 9.12. The average molecular weight is 1470 g/mol. The molecule has 0 heterocycles. The van der Waals surface area contributed by atoms with Gasteiger partial charge in [0.25, 0.3) is 0 Å². The molecule has 2 nitrogen and oxygen atoms in total. The second kappa shape index (κ2) is 30.6. The van der Waals surface area contributed by atoms with E-state index in [0.29, 0.717) is 11.7 Å². The second-order valence-electron chi connectivity index (χ2n) is 20.2.